The van der Waals surface area contributed by atoms with Gasteiger partial charge in [0.15, 0.2) is 0 Å². The molecule has 90 valence electrons. The van der Waals surface area contributed by atoms with E-state index >= 15 is 0 Å². The summed E-state index contributed by atoms with van der Waals surface area (Å²) in [6.07, 6.45) is 4.88. The molecule has 0 aliphatic heterocycles. The second-order valence-corrected chi connectivity index (χ2v) is 4.45. The largest absolute Gasteiger partial charge is 0.496 e. The summed E-state index contributed by atoms with van der Waals surface area (Å²) < 4.78 is 5.30. The van der Waals surface area contributed by atoms with Gasteiger partial charge in [-0.25, -0.2) is 0 Å². The number of para-hydroxylation sites is 1. The van der Waals surface area contributed by atoms with Gasteiger partial charge < -0.3 is 4.74 Å². The Morgan fingerprint density at radius 1 is 1.35 bits per heavy atom. The number of rotatable bonds is 4. The predicted molar refractivity (Wildman–Crippen MR) is 66.7 cm³/mol. The van der Waals surface area contributed by atoms with Gasteiger partial charge in [-0.3, -0.25) is 5.32 Å². The zero-order valence-electron chi connectivity index (χ0n) is 10.1. The van der Waals surface area contributed by atoms with Crippen LogP contribution in [0.25, 0.3) is 0 Å². The molecule has 0 saturated heterocycles. The summed E-state index contributed by atoms with van der Waals surface area (Å²) in [6.45, 7) is 0. The molecule has 3 nitrogen and oxygen atoms in total. The van der Waals surface area contributed by atoms with Gasteiger partial charge in [-0.1, -0.05) is 31.0 Å². The van der Waals surface area contributed by atoms with Crippen molar-refractivity contribution < 1.29 is 4.74 Å². The van der Waals surface area contributed by atoms with E-state index in [0.717, 1.165) is 11.3 Å². The van der Waals surface area contributed by atoms with Gasteiger partial charge in [0.05, 0.1) is 13.2 Å². The van der Waals surface area contributed by atoms with Gasteiger partial charge in [-0.05, 0) is 18.9 Å². The number of nitrogens with zero attached hydrogens (tertiary/aromatic N) is 1. The first-order chi connectivity index (χ1) is 8.35. The highest BCUT2D eigenvalue weighted by atomic mass is 16.5. The van der Waals surface area contributed by atoms with E-state index in [1.807, 2.05) is 24.3 Å². The average molecular weight is 230 g/mol. The van der Waals surface area contributed by atoms with Crippen LogP contribution in [0.15, 0.2) is 24.3 Å². The molecule has 1 aliphatic rings. The Balaban J connectivity index is 2.14. The summed E-state index contributed by atoms with van der Waals surface area (Å²) in [5.74, 6) is 0.782. The second-order valence-electron chi connectivity index (χ2n) is 4.45. The van der Waals surface area contributed by atoms with Crippen molar-refractivity contribution in [2.24, 2.45) is 0 Å². The van der Waals surface area contributed by atoms with E-state index in [-0.39, 0.29) is 6.04 Å². The average Bonchev–Trinajstić information content (AvgIpc) is 2.89. The maximum atomic E-state index is 9.29. The van der Waals surface area contributed by atoms with E-state index < -0.39 is 0 Å². The van der Waals surface area contributed by atoms with Crippen molar-refractivity contribution in [3.05, 3.63) is 29.8 Å². The van der Waals surface area contributed by atoms with Crippen molar-refractivity contribution >= 4 is 0 Å². The SMILES string of the molecule is COc1ccccc1C(C#N)NC1CCCC1. The fourth-order valence-corrected chi connectivity index (χ4v) is 2.43. The van der Waals surface area contributed by atoms with Gasteiger partial charge >= 0.3 is 0 Å². The predicted octanol–water partition coefficient (Wildman–Crippen LogP) is 2.79. The molecule has 1 saturated carbocycles. The molecule has 1 N–H and O–H groups in total. The summed E-state index contributed by atoms with van der Waals surface area (Å²) in [7, 11) is 1.64. The standard InChI is InChI=1S/C14H18N2O/c1-17-14-9-5-4-8-12(14)13(10-15)16-11-6-2-3-7-11/h4-5,8-9,11,13,16H,2-3,6-7H2,1H3. The number of nitrogens with one attached hydrogen (secondary N) is 1. The highest BCUT2D eigenvalue weighted by Crippen LogP contribution is 2.27. The fraction of sp³-hybridized carbons (Fsp3) is 0.500. The molecule has 1 aromatic carbocycles. The van der Waals surface area contributed by atoms with Gasteiger partial charge in [-0.2, -0.15) is 5.26 Å². The number of hydrogen-bond acceptors (Lipinski definition) is 3. The topological polar surface area (TPSA) is 45.0 Å². The quantitative estimate of drug-likeness (QED) is 0.865. The van der Waals surface area contributed by atoms with Crippen LogP contribution in [0, 0.1) is 11.3 Å². The van der Waals surface area contributed by atoms with Crippen molar-refractivity contribution in [2.75, 3.05) is 7.11 Å². The summed E-state index contributed by atoms with van der Waals surface area (Å²) in [5, 5.41) is 12.7. The second kappa shape index (κ2) is 5.70. The third kappa shape index (κ3) is 2.78. The maximum absolute atomic E-state index is 9.29. The van der Waals surface area contributed by atoms with Crippen LogP contribution in [0.2, 0.25) is 0 Å². The molecule has 0 bridgehead atoms. The monoisotopic (exact) mass is 230 g/mol. The smallest absolute Gasteiger partial charge is 0.125 e. The van der Waals surface area contributed by atoms with Gasteiger partial charge in [0.2, 0.25) is 0 Å². The Morgan fingerprint density at radius 2 is 2.06 bits per heavy atom. The van der Waals surface area contributed by atoms with E-state index in [9.17, 15) is 5.26 Å². The minimum atomic E-state index is -0.269. The summed E-state index contributed by atoms with van der Waals surface area (Å²) in [4.78, 5) is 0. The first-order valence-corrected chi connectivity index (χ1v) is 6.13. The molecular weight excluding hydrogens is 212 g/mol. The number of nitriles is 1. The molecule has 0 aromatic heterocycles. The Kier molecular flexibility index (Phi) is 4.00. The Labute approximate surface area is 102 Å². The van der Waals surface area contributed by atoms with Gasteiger partial charge in [0.25, 0.3) is 0 Å². The normalized spacial score (nSPS) is 17.6. The molecule has 0 heterocycles. The highest BCUT2D eigenvalue weighted by molar-refractivity contribution is 5.38. The third-order valence-corrected chi connectivity index (χ3v) is 3.34. The van der Waals surface area contributed by atoms with Crippen LogP contribution in [-0.4, -0.2) is 13.2 Å². The number of methoxy groups -OCH3 is 1. The van der Waals surface area contributed by atoms with Crippen LogP contribution >= 0.6 is 0 Å². The van der Waals surface area contributed by atoms with Crippen LogP contribution in [-0.2, 0) is 0 Å². The molecule has 1 atom stereocenters. The number of benzene rings is 1. The van der Waals surface area contributed by atoms with Crippen molar-refractivity contribution in [3.8, 4) is 11.8 Å². The molecule has 1 aliphatic carbocycles. The first-order valence-electron chi connectivity index (χ1n) is 6.13. The van der Waals surface area contributed by atoms with Crippen LogP contribution in [0.3, 0.4) is 0 Å². The molecule has 0 radical (unpaired) electrons. The molecule has 1 fully saturated rings. The lowest BCUT2D eigenvalue weighted by Gasteiger charge is -2.19. The number of hydrogen-bond donors (Lipinski definition) is 1. The molecule has 2 rings (SSSR count). The molecular formula is C14H18N2O. The fourth-order valence-electron chi connectivity index (χ4n) is 2.43. The maximum Gasteiger partial charge on any atom is 0.125 e. The zero-order chi connectivity index (χ0) is 12.1. The van der Waals surface area contributed by atoms with Crippen molar-refractivity contribution in [1.29, 1.82) is 5.26 Å². The molecule has 3 heteroatoms. The van der Waals surface area contributed by atoms with Crippen LogP contribution in [0.5, 0.6) is 5.75 Å². The van der Waals surface area contributed by atoms with E-state index in [2.05, 4.69) is 11.4 Å². The van der Waals surface area contributed by atoms with Crippen LogP contribution in [0.1, 0.15) is 37.3 Å². The van der Waals surface area contributed by atoms with Gasteiger partial charge in [0, 0.05) is 11.6 Å². The minimum absolute atomic E-state index is 0.269. The van der Waals surface area contributed by atoms with Crippen LogP contribution < -0.4 is 10.1 Å². The van der Waals surface area contributed by atoms with Crippen molar-refractivity contribution in [3.63, 3.8) is 0 Å². The lowest BCUT2D eigenvalue weighted by atomic mass is 10.1. The summed E-state index contributed by atoms with van der Waals surface area (Å²) >= 11 is 0. The Hall–Kier alpha value is -1.53. The lowest BCUT2D eigenvalue weighted by Crippen LogP contribution is -2.30. The van der Waals surface area contributed by atoms with Crippen molar-refractivity contribution in [2.45, 2.75) is 37.8 Å². The van der Waals surface area contributed by atoms with E-state index in [1.54, 1.807) is 7.11 Å². The third-order valence-electron chi connectivity index (χ3n) is 3.34. The van der Waals surface area contributed by atoms with Crippen LogP contribution in [0.4, 0.5) is 0 Å². The minimum Gasteiger partial charge on any atom is -0.496 e. The molecule has 1 aromatic rings. The van der Waals surface area contributed by atoms with Gasteiger partial charge in [0.1, 0.15) is 11.8 Å². The highest BCUT2D eigenvalue weighted by Gasteiger charge is 2.21. The van der Waals surface area contributed by atoms with Gasteiger partial charge in [-0.15, -0.1) is 0 Å². The summed E-state index contributed by atoms with van der Waals surface area (Å²) in [6, 6.07) is 10.3. The summed E-state index contributed by atoms with van der Waals surface area (Å²) in [5.41, 5.74) is 0.935. The first kappa shape index (κ1) is 11.9. The Morgan fingerprint density at radius 3 is 2.71 bits per heavy atom. The zero-order valence-corrected chi connectivity index (χ0v) is 10.1. The Bertz CT molecular complexity index is 405. The molecule has 1 unspecified atom stereocenters. The van der Waals surface area contributed by atoms with E-state index in [1.165, 1.54) is 25.7 Å². The van der Waals surface area contributed by atoms with E-state index in [0.29, 0.717) is 6.04 Å². The van der Waals surface area contributed by atoms with E-state index in [4.69, 9.17) is 4.74 Å². The number of ether oxygens (including phenoxy) is 1. The molecule has 0 amide bonds. The molecule has 0 spiro atoms. The molecule has 17 heavy (non-hydrogen) atoms. The lowest BCUT2D eigenvalue weighted by molar-refractivity contribution is 0.400. The van der Waals surface area contributed by atoms with Crippen molar-refractivity contribution in [1.82, 2.24) is 5.32 Å².